The van der Waals surface area contributed by atoms with Crippen molar-refractivity contribution in [1.82, 2.24) is 4.31 Å². The van der Waals surface area contributed by atoms with Gasteiger partial charge >= 0.3 is 0 Å². The Balaban J connectivity index is 2.24. The van der Waals surface area contributed by atoms with Crippen LogP contribution >= 0.6 is 11.6 Å². The van der Waals surface area contributed by atoms with Gasteiger partial charge in [-0.1, -0.05) is 23.7 Å². The maximum Gasteiger partial charge on any atom is 0.243 e. The zero-order valence-electron chi connectivity index (χ0n) is 10.5. The maximum absolute atomic E-state index is 12.4. The smallest absolute Gasteiger partial charge is 0.243 e. The molecular formula is C12H15ClN2O3S. The standard InChI is InChI=1S/C12H15ClN2O3S/c1-9-8-15(7-6-12(9)14-16)19(17,18)11-4-2-10(13)3-5-11/h2-5,9,16H,6-8H2,1H3/b14-12+. The summed E-state index contributed by atoms with van der Waals surface area (Å²) in [5.41, 5.74) is 0.641. The largest absolute Gasteiger partial charge is 0.411 e. The predicted octanol–water partition coefficient (Wildman–Crippen LogP) is 2.20. The molecule has 1 atom stereocenters. The van der Waals surface area contributed by atoms with Gasteiger partial charge in [0.15, 0.2) is 0 Å². The van der Waals surface area contributed by atoms with E-state index >= 15 is 0 Å². The molecule has 1 fully saturated rings. The zero-order valence-corrected chi connectivity index (χ0v) is 12.0. The van der Waals surface area contributed by atoms with Crippen LogP contribution in [0.2, 0.25) is 5.02 Å². The quantitative estimate of drug-likeness (QED) is 0.672. The second kappa shape index (κ2) is 5.48. The van der Waals surface area contributed by atoms with Crippen molar-refractivity contribution in [2.75, 3.05) is 13.1 Å². The average molecular weight is 303 g/mol. The van der Waals surface area contributed by atoms with Crippen LogP contribution in [0.25, 0.3) is 0 Å². The highest BCUT2D eigenvalue weighted by molar-refractivity contribution is 7.89. The van der Waals surface area contributed by atoms with Crippen LogP contribution in [0.4, 0.5) is 0 Å². The van der Waals surface area contributed by atoms with Crippen LogP contribution in [-0.2, 0) is 10.0 Å². The molecule has 0 spiro atoms. The van der Waals surface area contributed by atoms with Gasteiger partial charge in [0.05, 0.1) is 10.6 Å². The second-order valence-corrected chi connectivity index (χ2v) is 6.93. The molecule has 0 bridgehead atoms. The molecule has 0 amide bonds. The van der Waals surface area contributed by atoms with Gasteiger partial charge in [0.1, 0.15) is 0 Å². The zero-order chi connectivity index (χ0) is 14.0. The van der Waals surface area contributed by atoms with Crippen LogP contribution in [0.15, 0.2) is 34.3 Å². The van der Waals surface area contributed by atoms with Crippen molar-refractivity contribution in [2.24, 2.45) is 11.1 Å². The molecule has 0 aliphatic carbocycles. The highest BCUT2D eigenvalue weighted by Crippen LogP contribution is 2.23. The summed E-state index contributed by atoms with van der Waals surface area (Å²) in [7, 11) is -3.51. The van der Waals surface area contributed by atoms with E-state index in [0.717, 1.165) is 0 Å². The summed E-state index contributed by atoms with van der Waals surface area (Å²) in [4.78, 5) is 0.230. The SMILES string of the molecule is CC1CN(S(=O)(=O)c2ccc(Cl)cc2)CC/C1=N\O. The highest BCUT2D eigenvalue weighted by Gasteiger charge is 2.31. The van der Waals surface area contributed by atoms with Gasteiger partial charge in [0.25, 0.3) is 0 Å². The Labute approximate surface area is 117 Å². The molecule has 1 heterocycles. The van der Waals surface area contributed by atoms with Crippen molar-refractivity contribution in [3.05, 3.63) is 29.3 Å². The number of piperidine rings is 1. The summed E-state index contributed by atoms with van der Waals surface area (Å²) in [6.45, 7) is 2.50. The molecule has 104 valence electrons. The molecule has 2 rings (SSSR count). The van der Waals surface area contributed by atoms with E-state index in [1.54, 1.807) is 12.1 Å². The third kappa shape index (κ3) is 2.91. The topological polar surface area (TPSA) is 70.0 Å². The normalized spacial score (nSPS) is 23.7. The first-order valence-corrected chi connectivity index (χ1v) is 7.73. The van der Waals surface area contributed by atoms with E-state index in [1.807, 2.05) is 6.92 Å². The predicted molar refractivity (Wildman–Crippen MR) is 73.2 cm³/mol. The number of halogens is 1. The number of hydrogen-bond acceptors (Lipinski definition) is 4. The van der Waals surface area contributed by atoms with Crippen LogP contribution in [0.5, 0.6) is 0 Å². The fourth-order valence-electron chi connectivity index (χ4n) is 2.11. The van der Waals surface area contributed by atoms with Gasteiger partial charge in [-0.25, -0.2) is 8.42 Å². The summed E-state index contributed by atoms with van der Waals surface area (Å²) >= 11 is 5.76. The van der Waals surface area contributed by atoms with E-state index in [4.69, 9.17) is 16.8 Å². The lowest BCUT2D eigenvalue weighted by Crippen LogP contribution is -2.43. The monoisotopic (exact) mass is 302 g/mol. The Hall–Kier alpha value is -1.11. The Morgan fingerprint density at radius 2 is 2.00 bits per heavy atom. The fraction of sp³-hybridized carbons (Fsp3) is 0.417. The van der Waals surface area contributed by atoms with E-state index in [-0.39, 0.29) is 10.8 Å². The first kappa shape index (κ1) is 14.3. The average Bonchev–Trinajstić information content (AvgIpc) is 2.39. The van der Waals surface area contributed by atoms with Gasteiger partial charge in [-0.05, 0) is 24.3 Å². The molecule has 1 aromatic rings. The van der Waals surface area contributed by atoms with Crippen LogP contribution in [0, 0.1) is 5.92 Å². The molecule has 0 radical (unpaired) electrons. The van der Waals surface area contributed by atoms with E-state index in [9.17, 15) is 8.42 Å². The number of oxime groups is 1. The van der Waals surface area contributed by atoms with E-state index in [1.165, 1.54) is 16.4 Å². The molecule has 0 saturated carbocycles. The third-order valence-corrected chi connectivity index (χ3v) is 5.37. The molecule has 1 unspecified atom stereocenters. The molecule has 1 aliphatic rings. The molecule has 1 N–H and O–H groups in total. The molecule has 19 heavy (non-hydrogen) atoms. The minimum absolute atomic E-state index is 0.0826. The third-order valence-electron chi connectivity index (χ3n) is 3.24. The van der Waals surface area contributed by atoms with Crippen molar-refractivity contribution >= 4 is 27.3 Å². The number of hydrogen-bond donors (Lipinski definition) is 1. The number of nitrogens with zero attached hydrogens (tertiary/aromatic N) is 2. The number of rotatable bonds is 2. The Morgan fingerprint density at radius 1 is 1.37 bits per heavy atom. The Morgan fingerprint density at radius 3 is 2.53 bits per heavy atom. The molecule has 1 aliphatic heterocycles. The Kier molecular flexibility index (Phi) is 4.13. The van der Waals surface area contributed by atoms with Crippen molar-refractivity contribution in [2.45, 2.75) is 18.2 Å². The van der Waals surface area contributed by atoms with Crippen LogP contribution < -0.4 is 0 Å². The van der Waals surface area contributed by atoms with E-state index in [0.29, 0.717) is 30.2 Å². The minimum Gasteiger partial charge on any atom is -0.411 e. The van der Waals surface area contributed by atoms with Crippen LogP contribution in [0.3, 0.4) is 0 Å². The first-order chi connectivity index (χ1) is 8.95. The van der Waals surface area contributed by atoms with Crippen molar-refractivity contribution in [3.8, 4) is 0 Å². The van der Waals surface area contributed by atoms with Gasteiger partial charge in [0.2, 0.25) is 10.0 Å². The molecule has 7 heteroatoms. The van der Waals surface area contributed by atoms with Crippen molar-refractivity contribution < 1.29 is 13.6 Å². The lowest BCUT2D eigenvalue weighted by Gasteiger charge is -2.30. The minimum atomic E-state index is -3.51. The summed E-state index contributed by atoms with van der Waals surface area (Å²) in [5, 5.41) is 12.5. The molecule has 5 nitrogen and oxygen atoms in total. The first-order valence-electron chi connectivity index (χ1n) is 5.91. The van der Waals surface area contributed by atoms with E-state index < -0.39 is 10.0 Å². The molecule has 0 aromatic heterocycles. The van der Waals surface area contributed by atoms with Crippen molar-refractivity contribution in [3.63, 3.8) is 0 Å². The second-order valence-electron chi connectivity index (χ2n) is 4.56. The number of sulfonamides is 1. The molecule has 1 saturated heterocycles. The van der Waals surface area contributed by atoms with Gasteiger partial charge in [-0.15, -0.1) is 0 Å². The summed E-state index contributed by atoms with van der Waals surface area (Å²) < 4.78 is 26.3. The molecule has 1 aromatic carbocycles. The van der Waals surface area contributed by atoms with Gasteiger partial charge in [-0.2, -0.15) is 4.31 Å². The lowest BCUT2D eigenvalue weighted by atomic mass is 10.00. The lowest BCUT2D eigenvalue weighted by molar-refractivity contribution is 0.300. The fourth-order valence-corrected chi connectivity index (χ4v) is 3.77. The molecular weight excluding hydrogens is 288 g/mol. The van der Waals surface area contributed by atoms with Crippen LogP contribution in [0.1, 0.15) is 13.3 Å². The van der Waals surface area contributed by atoms with E-state index in [2.05, 4.69) is 5.16 Å². The Bertz CT molecular complexity index is 583. The number of benzene rings is 1. The highest BCUT2D eigenvalue weighted by atomic mass is 35.5. The van der Waals surface area contributed by atoms with Gasteiger partial charge in [-0.3, -0.25) is 0 Å². The van der Waals surface area contributed by atoms with Gasteiger partial charge in [0, 0.05) is 30.5 Å². The van der Waals surface area contributed by atoms with Crippen LogP contribution in [-0.4, -0.2) is 36.7 Å². The summed E-state index contributed by atoms with van der Waals surface area (Å²) in [6.07, 6.45) is 0.449. The van der Waals surface area contributed by atoms with Crippen molar-refractivity contribution in [1.29, 1.82) is 0 Å². The van der Waals surface area contributed by atoms with Gasteiger partial charge < -0.3 is 5.21 Å². The summed E-state index contributed by atoms with van der Waals surface area (Å²) in [5.74, 6) is -0.0826. The summed E-state index contributed by atoms with van der Waals surface area (Å²) in [6, 6.07) is 6.11. The maximum atomic E-state index is 12.4.